The van der Waals surface area contributed by atoms with Gasteiger partial charge in [0, 0.05) is 23.8 Å². The number of aromatic nitrogens is 2. The van der Waals surface area contributed by atoms with Crippen molar-refractivity contribution >= 4 is 28.8 Å². The summed E-state index contributed by atoms with van der Waals surface area (Å²) in [4.78, 5) is 28.8. The first-order valence-corrected chi connectivity index (χ1v) is 8.25. The summed E-state index contributed by atoms with van der Waals surface area (Å²) in [5, 5.41) is 7.32. The van der Waals surface area contributed by atoms with E-state index in [1.54, 1.807) is 37.6 Å². The summed E-state index contributed by atoms with van der Waals surface area (Å²) in [6.45, 7) is 1.65. The molecule has 3 rings (SSSR count). The lowest BCUT2D eigenvalue weighted by molar-refractivity contribution is -0.117. The van der Waals surface area contributed by atoms with Gasteiger partial charge in [0.2, 0.25) is 5.91 Å². The van der Waals surface area contributed by atoms with Crippen molar-refractivity contribution in [2.45, 2.75) is 13.0 Å². The molecule has 0 fully saturated rings. The number of imidazole rings is 1. The number of hydrogen-bond acceptors (Lipinski definition) is 4. The second-order valence-electron chi connectivity index (χ2n) is 5.18. The molecule has 7 heteroatoms. The number of nitrogens with zero attached hydrogens (tertiary/aromatic N) is 2. The quantitative estimate of drug-likeness (QED) is 0.750. The van der Waals surface area contributed by atoms with Crippen LogP contribution in [0.15, 0.2) is 60.5 Å². The Morgan fingerprint density at radius 1 is 1.25 bits per heavy atom. The van der Waals surface area contributed by atoms with Crippen molar-refractivity contribution in [2.24, 2.45) is 0 Å². The van der Waals surface area contributed by atoms with E-state index in [1.165, 1.54) is 11.3 Å². The largest absolute Gasteiger partial charge is 0.340 e. The third-order valence-corrected chi connectivity index (χ3v) is 4.27. The highest BCUT2D eigenvalue weighted by Crippen LogP contribution is 2.15. The third kappa shape index (κ3) is 3.69. The summed E-state index contributed by atoms with van der Waals surface area (Å²) in [6.07, 6.45) is 5.20. The van der Waals surface area contributed by atoms with Crippen LogP contribution in [0.1, 0.15) is 16.6 Å². The molecule has 6 nitrogen and oxygen atoms in total. The lowest BCUT2D eigenvalue weighted by Gasteiger charge is -2.14. The number of carbonyl (C=O) groups is 2. The maximum atomic E-state index is 12.3. The molecule has 0 spiro atoms. The van der Waals surface area contributed by atoms with Crippen molar-refractivity contribution in [3.05, 3.63) is 65.4 Å². The van der Waals surface area contributed by atoms with Crippen LogP contribution in [-0.4, -0.2) is 27.4 Å². The molecule has 1 aromatic carbocycles. The molecule has 0 aliphatic rings. The number of hydrogen-bond donors (Lipinski definition) is 2. The first kappa shape index (κ1) is 15.9. The number of thiophene rings is 1. The maximum Gasteiger partial charge on any atom is 0.261 e. The van der Waals surface area contributed by atoms with Gasteiger partial charge in [-0.2, -0.15) is 0 Å². The van der Waals surface area contributed by atoms with E-state index in [0.29, 0.717) is 10.6 Å². The number of amides is 2. The van der Waals surface area contributed by atoms with E-state index in [9.17, 15) is 9.59 Å². The maximum absolute atomic E-state index is 12.3. The van der Waals surface area contributed by atoms with Crippen molar-refractivity contribution in [3.8, 4) is 5.69 Å². The van der Waals surface area contributed by atoms with Gasteiger partial charge in [-0.25, -0.2) is 4.98 Å². The Morgan fingerprint density at radius 3 is 2.83 bits per heavy atom. The smallest absolute Gasteiger partial charge is 0.261 e. The van der Waals surface area contributed by atoms with Gasteiger partial charge in [0.1, 0.15) is 6.04 Å². The molecule has 24 heavy (non-hydrogen) atoms. The van der Waals surface area contributed by atoms with Gasteiger partial charge in [-0.05, 0) is 36.6 Å². The predicted molar refractivity (Wildman–Crippen MR) is 93.4 cm³/mol. The van der Waals surface area contributed by atoms with Crippen LogP contribution in [0.25, 0.3) is 5.69 Å². The highest BCUT2D eigenvalue weighted by Gasteiger charge is 2.17. The van der Waals surface area contributed by atoms with Crippen molar-refractivity contribution in [2.75, 3.05) is 5.32 Å². The summed E-state index contributed by atoms with van der Waals surface area (Å²) in [7, 11) is 0. The molecular formula is C17H16N4O2S. The van der Waals surface area contributed by atoms with Crippen LogP contribution in [0.3, 0.4) is 0 Å². The number of anilines is 1. The SMILES string of the molecule is C[C@@H](NC(=O)c1cccs1)C(=O)Nc1cccc(-n2ccnc2)c1. The van der Waals surface area contributed by atoms with E-state index >= 15 is 0 Å². The summed E-state index contributed by atoms with van der Waals surface area (Å²) in [5.41, 5.74) is 1.55. The minimum Gasteiger partial charge on any atom is -0.340 e. The highest BCUT2D eigenvalue weighted by molar-refractivity contribution is 7.12. The van der Waals surface area contributed by atoms with E-state index in [1.807, 2.05) is 34.3 Å². The molecule has 2 heterocycles. The van der Waals surface area contributed by atoms with Crippen LogP contribution in [0.2, 0.25) is 0 Å². The standard InChI is InChI=1S/C17H16N4O2S/c1-12(19-17(23)15-6-3-9-24-15)16(22)20-13-4-2-5-14(10-13)21-8-7-18-11-21/h2-12H,1H3,(H,19,23)(H,20,22)/t12-/m1/s1. The van der Waals surface area contributed by atoms with Gasteiger partial charge in [-0.3, -0.25) is 9.59 Å². The molecule has 0 saturated heterocycles. The fourth-order valence-corrected chi connectivity index (χ4v) is 2.77. The monoisotopic (exact) mass is 340 g/mol. The second kappa shape index (κ2) is 7.10. The van der Waals surface area contributed by atoms with Crippen LogP contribution in [-0.2, 0) is 4.79 Å². The lowest BCUT2D eigenvalue weighted by atomic mass is 10.2. The molecule has 3 aromatic rings. The van der Waals surface area contributed by atoms with Crippen LogP contribution in [0.5, 0.6) is 0 Å². The van der Waals surface area contributed by atoms with Crippen molar-refractivity contribution in [1.29, 1.82) is 0 Å². The zero-order chi connectivity index (χ0) is 16.9. The number of rotatable bonds is 5. The number of nitrogens with one attached hydrogen (secondary N) is 2. The Morgan fingerprint density at radius 2 is 2.12 bits per heavy atom. The molecule has 0 unspecified atom stereocenters. The van der Waals surface area contributed by atoms with E-state index in [-0.39, 0.29) is 11.8 Å². The fourth-order valence-electron chi connectivity index (χ4n) is 2.15. The lowest BCUT2D eigenvalue weighted by Crippen LogP contribution is -2.41. The first-order chi connectivity index (χ1) is 11.6. The van der Waals surface area contributed by atoms with Gasteiger partial charge in [0.15, 0.2) is 0 Å². The van der Waals surface area contributed by atoms with Crippen molar-refractivity contribution in [3.63, 3.8) is 0 Å². The topological polar surface area (TPSA) is 76.0 Å². The summed E-state index contributed by atoms with van der Waals surface area (Å²) >= 11 is 1.34. The van der Waals surface area contributed by atoms with Crippen LogP contribution in [0.4, 0.5) is 5.69 Å². The Bertz CT molecular complexity index is 828. The molecule has 0 saturated carbocycles. The molecule has 2 N–H and O–H groups in total. The zero-order valence-corrected chi connectivity index (χ0v) is 13.8. The van der Waals surface area contributed by atoms with Crippen LogP contribution >= 0.6 is 11.3 Å². The van der Waals surface area contributed by atoms with E-state index < -0.39 is 6.04 Å². The van der Waals surface area contributed by atoms with Gasteiger partial charge < -0.3 is 15.2 Å². The Balaban J connectivity index is 1.64. The van der Waals surface area contributed by atoms with Crippen LogP contribution < -0.4 is 10.6 Å². The Kier molecular flexibility index (Phi) is 4.72. The zero-order valence-electron chi connectivity index (χ0n) is 13.0. The van der Waals surface area contributed by atoms with Crippen molar-refractivity contribution in [1.82, 2.24) is 14.9 Å². The van der Waals surface area contributed by atoms with Gasteiger partial charge in [0.25, 0.3) is 5.91 Å². The normalized spacial score (nSPS) is 11.7. The minimum absolute atomic E-state index is 0.250. The average Bonchev–Trinajstić information content (AvgIpc) is 3.28. The number of carbonyl (C=O) groups excluding carboxylic acids is 2. The number of benzene rings is 1. The average molecular weight is 340 g/mol. The van der Waals surface area contributed by atoms with E-state index in [2.05, 4.69) is 15.6 Å². The first-order valence-electron chi connectivity index (χ1n) is 7.37. The highest BCUT2D eigenvalue weighted by atomic mass is 32.1. The van der Waals surface area contributed by atoms with Gasteiger partial charge >= 0.3 is 0 Å². The van der Waals surface area contributed by atoms with Gasteiger partial charge in [-0.15, -0.1) is 11.3 Å². The molecule has 0 aliphatic carbocycles. The molecule has 1 atom stereocenters. The summed E-state index contributed by atoms with van der Waals surface area (Å²) < 4.78 is 1.84. The van der Waals surface area contributed by atoms with Gasteiger partial charge in [-0.1, -0.05) is 12.1 Å². The van der Waals surface area contributed by atoms with E-state index in [0.717, 1.165) is 5.69 Å². The summed E-state index contributed by atoms with van der Waals surface area (Å²) in [6, 6.07) is 10.3. The second-order valence-corrected chi connectivity index (χ2v) is 6.13. The molecule has 0 radical (unpaired) electrons. The Hall–Kier alpha value is -2.93. The molecule has 2 aromatic heterocycles. The summed E-state index contributed by atoms with van der Waals surface area (Å²) in [5.74, 6) is -0.525. The minimum atomic E-state index is -0.642. The molecule has 0 aliphatic heterocycles. The molecule has 0 bridgehead atoms. The fraction of sp³-hybridized carbons (Fsp3) is 0.118. The predicted octanol–water partition coefficient (Wildman–Crippen LogP) is 2.69. The van der Waals surface area contributed by atoms with E-state index in [4.69, 9.17) is 0 Å². The van der Waals surface area contributed by atoms with Crippen molar-refractivity contribution < 1.29 is 9.59 Å². The third-order valence-electron chi connectivity index (χ3n) is 3.40. The molecular weight excluding hydrogens is 324 g/mol. The van der Waals surface area contributed by atoms with Crippen LogP contribution in [0, 0.1) is 0 Å². The molecule has 122 valence electrons. The Labute approximate surface area is 143 Å². The van der Waals surface area contributed by atoms with Gasteiger partial charge in [0.05, 0.1) is 11.2 Å². The molecule has 2 amide bonds.